The van der Waals surface area contributed by atoms with Gasteiger partial charge in [-0.3, -0.25) is 9.69 Å². The fourth-order valence-electron chi connectivity index (χ4n) is 3.50. The van der Waals surface area contributed by atoms with E-state index in [1.807, 2.05) is 0 Å². The van der Waals surface area contributed by atoms with Crippen LogP contribution in [0.4, 0.5) is 0 Å². The van der Waals surface area contributed by atoms with Gasteiger partial charge >= 0.3 is 0 Å². The molecule has 3 aliphatic rings. The summed E-state index contributed by atoms with van der Waals surface area (Å²) < 4.78 is 5.70. The normalized spacial score (nSPS) is 31.7. The first-order valence-corrected chi connectivity index (χ1v) is 8.10. The zero-order valence-corrected chi connectivity index (χ0v) is 12.3. The number of carbonyl (C=O) groups excluding carboxylic acids is 1. The first-order valence-electron chi connectivity index (χ1n) is 8.10. The van der Waals surface area contributed by atoms with Crippen LogP contribution in [0.3, 0.4) is 0 Å². The van der Waals surface area contributed by atoms with E-state index < -0.39 is 0 Å². The van der Waals surface area contributed by atoms with Gasteiger partial charge in [0.05, 0.1) is 6.10 Å². The Morgan fingerprint density at radius 3 is 2.65 bits per heavy atom. The SMILES string of the molecule is O=C([C@@H]1CC=CCC1)N1CCN(C[C@@H]2CCCO2)CC1. The molecule has 0 unspecified atom stereocenters. The second kappa shape index (κ2) is 6.72. The van der Waals surface area contributed by atoms with Gasteiger partial charge in [-0.2, -0.15) is 0 Å². The van der Waals surface area contributed by atoms with E-state index in [9.17, 15) is 4.79 Å². The van der Waals surface area contributed by atoms with Crippen LogP contribution in [0.1, 0.15) is 32.1 Å². The van der Waals surface area contributed by atoms with E-state index in [1.54, 1.807) is 0 Å². The lowest BCUT2D eigenvalue weighted by atomic mass is 9.93. The molecule has 0 saturated carbocycles. The highest BCUT2D eigenvalue weighted by molar-refractivity contribution is 5.79. The number of amides is 1. The summed E-state index contributed by atoms with van der Waals surface area (Å²) in [6, 6.07) is 0. The van der Waals surface area contributed by atoms with Gasteiger partial charge in [-0.15, -0.1) is 0 Å². The zero-order valence-electron chi connectivity index (χ0n) is 12.3. The van der Waals surface area contributed by atoms with Crippen LogP contribution in [0.5, 0.6) is 0 Å². The molecule has 0 aromatic carbocycles. The van der Waals surface area contributed by atoms with Crippen molar-refractivity contribution in [2.24, 2.45) is 5.92 Å². The van der Waals surface area contributed by atoms with Gasteiger partial charge in [-0.05, 0) is 32.1 Å². The maximum Gasteiger partial charge on any atom is 0.226 e. The van der Waals surface area contributed by atoms with Crippen molar-refractivity contribution in [2.75, 3.05) is 39.3 Å². The first-order chi connectivity index (χ1) is 9.83. The van der Waals surface area contributed by atoms with E-state index >= 15 is 0 Å². The molecule has 0 aromatic heterocycles. The minimum atomic E-state index is 0.240. The van der Waals surface area contributed by atoms with Crippen molar-refractivity contribution >= 4 is 5.91 Å². The summed E-state index contributed by atoms with van der Waals surface area (Å²) in [5, 5.41) is 0. The number of hydrogen-bond acceptors (Lipinski definition) is 3. The van der Waals surface area contributed by atoms with Gasteiger partial charge in [0.15, 0.2) is 0 Å². The Labute approximate surface area is 121 Å². The molecule has 0 spiro atoms. The quantitative estimate of drug-likeness (QED) is 0.736. The Morgan fingerprint density at radius 1 is 1.15 bits per heavy atom. The number of rotatable bonds is 3. The van der Waals surface area contributed by atoms with Crippen LogP contribution >= 0.6 is 0 Å². The summed E-state index contributed by atoms with van der Waals surface area (Å²) in [4.78, 5) is 17.0. The summed E-state index contributed by atoms with van der Waals surface area (Å²) in [6.45, 7) is 5.78. The smallest absolute Gasteiger partial charge is 0.226 e. The largest absolute Gasteiger partial charge is 0.377 e. The molecule has 0 bridgehead atoms. The lowest BCUT2D eigenvalue weighted by Gasteiger charge is -2.37. The third-order valence-electron chi connectivity index (χ3n) is 4.79. The fraction of sp³-hybridized carbons (Fsp3) is 0.812. The Balaban J connectivity index is 1.43. The van der Waals surface area contributed by atoms with Gasteiger partial charge in [-0.1, -0.05) is 12.2 Å². The van der Waals surface area contributed by atoms with Crippen molar-refractivity contribution < 1.29 is 9.53 Å². The van der Waals surface area contributed by atoms with E-state index in [1.165, 1.54) is 12.8 Å². The monoisotopic (exact) mass is 278 g/mol. The van der Waals surface area contributed by atoms with Crippen molar-refractivity contribution in [2.45, 2.75) is 38.2 Å². The predicted octanol–water partition coefficient (Wildman–Crippen LogP) is 1.67. The molecule has 0 aromatic rings. The maximum atomic E-state index is 12.5. The number of allylic oxidation sites excluding steroid dienone is 2. The average Bonchev–Trinajstić information content (AvgIpc) is 3.01. The summed E-state index contributed by atoms with van der Waals surface area (Å²) in [7, 11) is 0. The zero-order chi connectivity index (χ0) is 13.8. The van der Waals surface area contributed by atoms with Gasteiger partial charge in [0.25, 0.3) is 0 Å². The Kier molecular flexibility index (Phi) is 4.73. The van der Waals surface area contributed by atoms with Crippen LogP contribution in [0.2, 0.25) is 0 Å². The molecule has 4 nitrogen and oxygen atoms in total. The van der Waals surface area contributed by atoms with Crippen molar-refractivity contribution in [1.82, 2.24) is 9.80 Å². The van der Waals surface area contributed by atoms with Crippen LogP contribution in [0.15, 0.2) is 12.2 Å². The van der Waals surface area contributed by atoms with Gasteiger partial charge in [0.2, 0.25) is 5.91 Å². The second-order valence-corrected chi connectivity index (χ2v) is 6.24. The molecule has 3 rings (SSSR count). The minimum Gasteiger partial charge on any atom is -0.377 e. The van der Waals surface area contributed by atoms with Crippen molar-refractivity contribution in [3.05, 3.63) is 12.2 Å². The number of hydrogen-bond donors (Lipinski definition) is 0. The summed E-state index contributed by atoms with van der Waals surface area (Å²) in [5.41, 5.74) is 0. The average molecular weight is 278 g/mol. The molecular weight excluding hydrogens is 252 g/mol. The van der Waals surface area contributed by atoms with Crippen LogP contribution < -0.4 is 0 Å². The highest BCUT2D eigenvalue weighted by atomic mass is 16.5. The molecule has 112 valence electrons. The maximum absolute atomic E-state index is 12.5. The highest BCUT2D eigenvalue weighted by Crippen LogP contribution is 2.21. The minimum absolute atomic E-state index is 0.240. The third kappa shape index (κ3) is 3.41. The van der Waals surface area contributed by atoms with Gasteiger partial charge in [0.1, 0.15) is 0 Å². The van der Waals surface area contributed by atoms with Crippen molar-refractivity contribution in [3.63, 3.8) is 0 Å². The van der Waals surface area contributed by atoms with Crippen LogP contribution in [-0.2, 0) is 9.53 Å². The molecule has 1 aliphatic carbocycles. The molecule has 4 heteroatoms. The molecule has 20 heavy (non-hydrogen) atoms. The van der Waals surface area contributed by atoms with E-state index in [4.69, 9.17) is 4.74 Å². The predicted molar refractivity (Wildman–Crippen MR) is 78.5 cm³/mol. The summed E-state index contributed by atoms with van der Waals surface area (Å²) in [5.74, 6) is 0.621. The summed E-state index contributed by atoms with van der Waals surface area (Å²) >= 11 is 0. The third-order valence-corrected chi connectivity index (χ3v) is 4.79. The number of carbonyl (C=O) groups is 1. The van der Waals surface area contributed by atoms with E-state index in [0.29, 0.717) is 12.0 Å². The fourth-order valence-corrected chi connectivity index (χ4v) is 3.50. The standard InChI is InChI=1S/C16H26N2O2/c19-16(14-5-2-1-3-6-14)18-10-8-17(9-11-18)13-15-7-4-12-20-15/h1-2,14-15H,3-13H2/t14-,15+/m1/s1. The lowest BCUT2D eigenvalue weighted by molar-refractivity contribution is -0.137. The molecule has 0 N–H and O–H groups in total. The molecule has 2 aliphatic heterocycles. The highest BCUT2D eigenvalue weighted by Gasteiger charge is 2.28. The first kappa shape index (κ1) is 14.1. The molecule has 0 radical (unpaired) electrons. The number of ether oxygens (including phenoxy) is 1. The Morgan fingerprint density at radius 2 is 2.00 bits per heavy atom. The van der Waals surface area contributed by atoms with Gasteiger partial charge in [-0.25, -0.2) is 0 Å². The van der Waals surface area contributed by atoms with Gasteiger partial charge in [0, 0.05) is 45.2 Å². The number of piperazine rings is 1. The van der Waals surface area contributed by atoms with Crippen LogP contribution in [0, 0.1) is 5.92 Å². The molecule has 2 atom stereocenters. The van der Waals surface area contributed by atoms with E-state index in [0.717, 1.165) is 58.6 Å². The molecule has 1 amide bonds. The topological polar surface area (TPSA) is 32.8 Å². The van der Waals surface area contributed by atoms with Crippen LogP contribution in [0.25, 0.3) is 0 Å². The van der Waals surface area contributed by atoms with E-state index in [-0.39, 0.29) is 5.92 Å². The Hall–Kier alpha value is -0.870. The van der Waals surface area contributed by atoms with Gasteiger partial charge < -0.3 is 9.64 Å². The molecule has 2 saturated heterocycles. The molecule has 2 fully saturated rings. The van der Waals surface area contributed by atoms with Crippen molar-refractivity contribution in [3.8, 4) is 0 Å². The van der Waals surface area contributed by atoms with Crippen molar-refractivity contribution in [1.29, 1.82) is 0 Å². The van der Waals surface area contributed by atoms with E-state index in [2.05, 4.69) is 22.0 Å². The summed E-state index contributed by atoms with van der Waals surface area (Å²) in [6.07, 6.45) is 10.2. The lowest BCUT2D eigenvalue weighted by Crippen LogP contribution is -2.51. The van der Waals surface area contributed by atoms with Crippen LogP contribution in [-0.4, -0.2) is 61.1 Å². The molecule has 2 heterocycles. The molecular formula is C16H26N2O2. The Bertz CT molecular complexity index is 355. The number of nitrogens with zero attached hydrogens (tertiary/aromatic N) is 2. The second-order valence-electron chi connectivity index (χ2n) is 6.24.